The monoisotopic (exact) mass is 318 g/mol. The van der Waals surface area contributed by atoms with Crippen molar-refractivity contribution in [2.24, 2.45) is 5.84 Å². The van der Waals surface area contributed by atoms with Gasteiger partial charge in [0.1, 0.15) is 0 Å². The molecule has 3 N–H and O–H groups in total. The maximum atomic E-state index is 5.74. The molecule has 0 aliphatic rings. The average molecular weight is 319 g/mol. The predicted octanol–water partition coefficient (Wildman–Crippen LogP) is 3.81. The largest absolute Gasteiger partial charge is 0.271 e. The summed E-state index contributed by atoms with van der Waals surface area (Å²) in [5, 5.41) is 0. The number of nitrogens with one attached hydrogen (secondary N) is 1. The lowest BCUT2D eigenvalue weighted by Crippen LogP contribution is -2.30. The zero-order valence-corrected chi connectivity index (χ0v) is 12.9. The van der Waals surface area contributed by atoms with Crippen molar-refractivity contribution in [1.29, 1.82) is 0 Å². The Balaban J connectivity index is 2.28. The lowest BCUT2D eigenvalue weighted by molar-refractivity contribution is 0.548. The van der Waals surface area contributed by atoms with Gasteiger partial charge in [0, 0.05) is 4.47 Å². The van der Waals surface area contributed by atoms with E-state index in [9.17, 15) is 0 Å². The van der Waals surface area contributed by atoms with Gasteiger partial charge in [-0.25, -0.2) is 0 Å². The first-order valence-electron chi connectivity index (χ1n) is 6.38. The van der Waals surface area contributed by atoms with Gasteiger partial charge in [0.05, 0.1) is 6.04 Å². The summed E-state index contributed by atoms with van der Waals surface area (Å²) in [4.78, 5) is 0. The standard InChI is InChI=1S/C16H19BrN2/c1-11-7-8-14(12(2)9-11)16(19-18)10-13-5-3-4-6-15(13)17/h3-9,16,19H,10,18H2,1-2H3. The van der Waals surface area contributed by atoms with Gasteiger partial charge in [-0.15, -0.1) is 0 Å². The van der Waals surface area contributed by atoms with E-state index in [1.165, 1.54) is 22.3 Å². The first-order chi connectivity index (χ1) is 9.11. The van der Waals surface area contributed by atoms with Gasteiger partial charge in [-0.2, -0.15) is 0 Å². The molecule has 0 heterocycles. The number of hydrogen-bond donors (Lipinski definition) is 2. The Morgan fingerprint density at radius 1 is 1.16 bits per heavy atom. The van der Waals surface area contributed by atoms with Crippen molar-refractivity contribution in [1.82, 2.24) is 5.43 Å². The van der Waals surface area contributed by atoms with Crippen molar-refractivity contribution in [3.05, 3.63) is 69.2 Å². The summed E-state index contributed by atoms with van der Waals surface area (Å²) in [5.74, 6) is 5.74. The molecule has 0 aliphatic heterocycles. The zero-order valence-electron chi connectivity index (χ0n) is 11.3. The molecular formula is C16H19BrN2. The number of halogens is 1. The van der Waals surface area contributed by atoms with Crippen LogP contribution in [0.1, 0.15) is 28.3 Å². The molecule has 0 fully saturated rings. The molecule has 0 saturated heterocycles. The number of rotatable bonds is 4. The van der Waals surface area contributed by atoms with E-state index in [2.05, 4.69) is 71.6 Å². The smallest absolute Gasteiger partial charge is 0.0503 e. The Kier molecular flexibility index (Phi) is 4.75. The summed E-state index contributed by atoms with van der Waals surface area (Å²) in [6, 6.07) is 14.9. The molecular weight excluding hydrogens is 300 g/mol. The fourth-order valence-corrected chi connectivity index (χ4v) is 2.81. The highest BCUT2D eigenvalue weighted by Gasteiger charge is 2.14. The second-order valence-corrected chi connectivity index (χ2v) is 5.73. The molecule has 0 aliphatic carbocycles. The Morgan fingerprint density at radius 3 is 2.53 bits per heavy atom. The van der Waals surface area contributed by atoms with Crippen LogP contribution in [-0.4, -0.2) is 0 Å². The molecule has 3 heteroatoms. The van der Waals surface area contributed by atoms with E-state index in [-0.39, 0.29) is 6.04 Å². The Labute approximate surface area is 123 Å². The van der Waals surface area contributed by atoms with E-state index in [1.807, 2.05) is 6.07 Å². The van der Waals surface area contributed by atoms with Crippen LogP contribution in [0.2, 0.25) is 0 Å². The van der Waals surface area contributed by atoms with Crippen molar-refractivity contribution < 1.29 is 0 Å². The van der Waals surface area contributed by atoms with Crippen molar-refractivity contribution in [2.75, 3.05) is 0 Å². The average Bonchev–Trinajstić information content (AvgIpc) is 2.39. The normalized spacial score (nSPS) is 12.4. The molecule has 2 aromatic carbocycles. The number of benzene rings is 2. The van der Waals surface area contributed by atoms with Crippen LogP contribution in [-0.2, 0) is 6.42 Å². The SMILES string of the molecule is Cc1ccc(C(Cc2ccccc2Br)NN)c(C)c1. The van der Waals surface area contributed by atoms with Gasteiger partial charge in [0.2, 0.25) is 0 Å². The maximum absolute atomic E-state index is 5.74. The minimum Gasteiger partial charge on any atom is -0.271 e. The van der Waals surface area contributed by atoms with Gasteiger partial charge in [-0.3, -0.25) is 11.3 Å². The Bertz CT molecular complexity index is 566. The predicted molar refractivity (Wildman–Crippen MR) is 83.8 cm³/mol. The van der Waals surface area contributed by atoms with Crippen molar-refractivity contribution in [2.45, 2.75) is 26.3 Å². The van der Waals surface area contributed by atoms with E-state index in [4.69, 9.17) is 5.84 Å². The van der Waals surface area contributed by atoms with Gasteiger partial charge in [0.25, 0.3) is 0 Å². The molecule has 2 rings (SSSR count). The Morgan fingerprint density at radius 2 is 1.89 bits per heavy atom. The van der Waals surface area contributed by atoms with Crippen molar-refractivity contribution in [3.8, 4) is 0 Å². The minimum atomic E-state index is 0.124. The highest BCUT2D eigenvalue weighted by molar-refractivity contribution is 9.10. The van der Waals surface area contributed by atoms with Crippen molar-refractivity contribution >= 4 is 15.9 Å². The third-order valence-corrected chi connectivity index (χ3v) is 4.16. The summed E-state index contributed by atoms with van der Waals surface area (Å²) in [7, 11) is 0. The lowest BCUT2D eigenvalue weighted by atomic mass is 9.95. The van der Waals surface area contributed by atoms with Gasteiger partial charge < -0.3 is 0 Å². The quantitative estimate of drug-likeness (QED) is 0.664. The summed E-state index contributed by atoms with van der Waals surface area (Å²) in [6.45, 7) is 4.24. The van der Waals surface area contributed by atoms with Crippen molar-refractivity contribution in [3.63, 3.8) is 0 Å². The van der Waals surface area contributed by atoms with E-state index < -0.39 is 0 Å². The number of hydrogen-bond acceptors (Lipinski definition) is 2. The highest BCUT2D eigenvalue weighted by Crippen LogP contribution is 2.25. The molecule has 2 aromatic rings. The fourth-order valence-electron chi connectivity index (χ4n) is 2.36. The lowest BCUT2D eigenvalue weighted by Gasteiger charge is -2.19. The first-order valence-corrected chi connectivity index (χ1v) is 7.18. The Hall–Kier alpha value is -1.16. The van der Waals surface area contributed by atoms with Crippen LogP contribution in [0.25, 0.3) is 0 Å². The second-order valence-electron chi connectivity index (χ2n) is 4.87. The topological polar surface area (TPSA) is 38.0 Å². The van der Waals surface area contributed by atoms with Gasteiger partial charge in [-0.1, -0.05) is 57.9 Å². The summed E-state index contributed by atoms with van der Waals surface area (Å²) in [5.41, 5.74) is 7.99. The molecule has 0 saturated carbocycles. The second kappa shape index (κ2) is 6.33. The molecule has 0 amide bonds. The molecule has 1 atom stereocenters. The molecule has 100 valence electrons. The number of aryl methyl sites for hydroxylation is 2. The van der Waals surface area contributed by atoms with E-state index in [1.54, 1.807) is 0 Å². The van der Waals surface area contributed by atoms with Crippen LogP contribution >= 0.6 is 15.9 Å². The highest BCUT2D eigenvalue weighted by atomic mass is 79.9. The molecule has 0 bridgehead atoms. The van der Waals surface area contributed by atoms with Gasteiger partial charge >= 0.3 is 0 Å². The van der Waals surface area contributed by atoms with Crippen LogP contribution < -0.4 is 11.3 Å². The molecule has 0 radical (unpaired) electrons. The number of nitrogens with two attached hydrogens (primary N) is 1. The van der Waals surface area contributed by atoms with Gasteiger partial charge in [-0.05, 0) is 43.0 Å². The number of hydrazine groups is 1. The van der Waals surface area contributed by atoms with E-state index in [0.717, 1.165) is 10.9 Å². The van der Waals surface area contributed by atoms with Crippen LogP contribution in [0.4, 0.5) is 0 Å². The minimum absolute atomic E-state index is 0.124. The van der Waals surface area contributed by atoms with E-state index >= 15 is 0 Å². The summed E-state index contributed by atoms with van der Waals surface area (Å²) < 4.78 is 1.13. The van der Waals surface area contributed by atoms with Crippen LogP contribution in [0.15, 0.2) is 46.9 Å². The summed E-state index contributed by atoms with van der Waals surface area (Å²) >= 11 is 3.59. The van der Waals surface area contributed by atoms with Crippen LogP contribution in [0, 0.1) is 13.8 Å². The molecule has 2 nitrogen and oxygen atoms in total. The summed E-state index contributed by atoms with van der Waals surface area (Å²) in [6.07, 6.45) is 0.863. The zero-order chi connectivity index (χ0) is 13.8. The molecule has 1 unspecified atom stereocenters. The van der Waals surface area contributed by atoms with Crippen LogP contribution in [0.3, 0.4) is 0 Å². The molecule has 0 aromatic heterocycles. The third kappa shape index (κ3) is 3.44. The van der Waals surface area contributed by atoms with Gasteiger partial charge in [0.15, 0.2) is 0 Å². The maximum Gasteiger partial charge on any atom is 0.0503 e. The first kappa shape index (κ1) is 14.3. The van der Waals surface area contributed by atoms with Crippen LogP contribution in [0.5, 0.6) is 0 Å². The molecule has 19 heavy (non-hydrogen) atoms. The fraction of sp³-hybridized carbons (Fsp3) is 0.250. The molecule has 0 spiro atoms. The van der Waals surface area contributed by atoms with E-state index in [0.29, 0.717) is 0 Å². The third-order valence-electron chi connectivity index (χ3n) is 3.38.